The summed E-state index contributed by atoms with van der Waals surface area (Å²) in [5.74, 6) is 1.09. The van der Waals surface area contributed by atoms with E-state index in [-0.39, 0.29) is 5.91 Å². The van der Waals surface area contributed by atoms with Crippen LogP contribution in [0.1, 0.15) is 23.2 Å². The van der Waals surface area contributed by atoms with Gasteiger partial charge in [-0.3, -0.25) is 4.79 Å². The highest BCUT2D eigenvalue weighted by Gasteiger charge is 2.25. The zero-order valence-electron chi connectivity index (χ0n) is 10.6. The molecule has 1 fully saturated rings. The average molecular weight is 278 g/mol. The van der Waals surface area contributed by atoms with Gasteiger partial charge in [-0.25, -0.2) is 0 Å². The summed E-state index contributed by atoms with van der Waals surface area (Å²) in [5.41, 5.74) is 1.42. The van der Waals surface area contributed by atoms with Crippen molar-refractivity contribution in [1.29, 1.82) is 0 Å². The topological polar surface area (TPSA) is 33.5 Å². The Morgan fingerprint density at radius 2 is 2.26 bits per heavy atom. The number of alkyl halides is 1. The van der Waals surface area contributed by atoms with Crippen LogP contribution >= 0.6 is 11.6 Å². The van der Waals surface area contributed by atoms with Crippen molar-refractivity contribution < 1.29 is 9.21 Å². The predicted octanol–water partition coefficient (Wildman–Crippen LogP) is 3.52. The number of halogens is 1. The van der Waals surface area contributed by atoms with E-state index >= 15 is 0 Å². The second-order valence-corrected chi connectivity index (χ2v) is 5.37. The van der Waals surface area contributed by atoms with Crippen molar-refractivity contribution in [3.05, 3.63) is 36.1 Å². The number of benzene rings is 1. The molecule has 0 N–H and O–H groups in total. The van der Waals surface area contributed by atoms with Gasteiger partial charge >= 0.3 is 0 Å². The molecule has 1 aliphatic rings. The molecule has 100 valence electrons. The Balaban J connectivity index is 1.87. The number of amides is 1. The number of rotatable bonds is 2. The molecule has 0 aliphatic carbocycles. The summed E-state index contributed by atoms with van der Waals surface area (Å²) in [7, 11) is 0. The van der Waals surface area contributed by atoms with Gasteiger partial charge in [0.15, 0.2) is 0 Å². The number of likely N-dealkylation sites (tertiary alicyclic amines) is 1. The lowest BCUT2D eigenvalue weighted by Gasteiger charge is -2.31. The Labute approximate surface area is 117 Å². The van der Waals surface area contributed by atoms with Crippen LogP contribution < -0.4 is 0 Å². The molecule has 0 bridgehead atoms. The number of furan rings is 1. The Morgan fingerprint density at radius 3 is 3.11 bits per heavy atom. The predicted molar refractivity (Wildman–Crippen MR) is 75.6 cm³/mol. The maximum Gasteiger partial charge on any atom is 0.257 e. The van der Waals surface area contributed by atoms with E-state index in [1.54, 1.807) is 6.26 Å². The van der Waals surface area contributed by atoms with Crippen molar-refractivity contribution in [3.63, 3.8) is 0 Å². The summed E-state index contributed by atoms with van der Waals surface area (Å²) < 4.78 is 5.44. The largest absolute Gasteiger partial charge is 0.463 e. The van der Waals surface area contributed by atoms with Gasteiger partial charge in [-0.15, -0.1) is 11.6 Å². The number of nitrogens with zero attached hydrogens (tertiary/aromatic N) is 1. The fourth-order valence-corrected chi connectivity index (χ4v) is 2.94. The maximum absolute atomic E-state index is 12.6. The summed E-state index contributed by atoms with van der Waals surface area (Å²) in [4.78, 5) is 14.5. The van der Waals surface area contributed by atoms with Gasteiger partial charge in [0.1, 0.15) is 11.8 Å². The highest BCUT2D eigenvalue weighted by Crippen LogP contribution is 2.25. The molecule has 1 aliphatic heterocycles. The third-order valence-corrected chi connectivity index (χ3v) is 4.17. The molecular weight excluding hydrogens is 262 g/mol. The lowest BCUT2D eigenvalue weighted by atomic mass is 9.99. The van der Waals surface area contributed by atoms with Crippen LogP contribution in [0.15, 0.2) is 34.9 Å². The quantitative estimate of drug-likeness (QED) is 0.787. The molecule has 4 heteroatoms. The molecule has 0 radical (unpaired) electrons. The second kappa shape index (κ2) is 5.25. The van der Waals surface area contributed by atoms with Crippen LogP contribution in [-0.2, 0) is 0 Å². The van der Waals surface area contributed by atoms with Gasteiger partial charge < -0.3 is 9.32 Å². The normalized spacial score (nSPS) is 19.8. The highest BCUT2D eigenvalue weighted by molar-refractivity contribution is 6.18. The first-order chi connectivity index (χ1) is 9.29. The summed E-state index contributed by atoms with van der Waals surface area (Å²) in [5, 5.41) is 0.889. The Morgan fingerprint density at radius 1 is 1.42 bits per heavy atom. The molecule has 0 saturated carbocycles. The van der Waals surface area contributed by atoms with E-state index in [4.69, 9.17) is 16.0 Å². The van der Waals surface area contributed by atoms with Crippen molar-refractivity contribution in [3.8, 4) is 0 Å². The first kappa shape index (κ1) is 12.5. The molecule has 0 spiro atoms. The van der Waals surface area contributed by atoms with Crippen LogP contribution in [-0.4, -0.2) is 29.8 Å². The van der Waals surface area contributed by atoms with E-state index in [0.717, 1.165) is 36.9 Å². The number of hydrogen-bond donors (Lipinski definition) is 0. The van der Waals surface area contributed by atoms with E-state index in [2.05, 4.69) is 0 Å². The van der Waals surface area contributed by atoms with Gasteiger partial charge in [-0.2, -0.15) is 0 Å². The standard InChI is InChI=1S/C15H16ClNO2/c16-8-11-4-3-7-17(9-11)15(18)13-10-19-14-6-2-1-5-12(13)14/h1-2,5-6,10-11H,3-4,7-9H2. The molecule has 2 aromatic rings. The van der Waals surface area contributed by atoms with Crippen LogP contribution in [0, 0.1) is 5.92 Å². The highest BCUT2D eigenvalue weighted by atomic mass is 35.5. The smallest absolute Gasteiger partial charge is 0.257 e. The number of carbonyl (C=O) groups is 1. The van der Waals surface area contributed by atoms with Crippen molar-refractivity contribution in [1.82, 2.24) is 4.90 Å². The van der Waals surface area contributed by atoms with E-state index in [9.17, 15) is 4.79 Å². The van der Waals surface area contributed by atoms with Gasteiger partial charge in [0.2, 0.25) is 0 Å². The number of piperidine rings is 1. The van der Waals surface area contributed by atoms with Crippen LogP contribution in [0.3, 0.4) is 0 Å². The molecule has 1 atom stereocenters. The SMILES string of the molecule is O=C(c1coc2ccccc12)N1CCCC(CCl)C1. The summed E-state index contributed by atoms with van der Waals surface area (Å²) in [6.45, 7) is 1.56. The Kier molecular flexibility index (Phi) is 3.47. The maximum atomic E-state index is 12.6. The minimum absolute atomic E-state index is 0.0553. The molecule has 1 saturated heterocycles. The fourth-order valence-electron chi connectivity index (χ4n) is 2.69. The number of fused-ring (bicyclic) bond motifs is 1. The molecule has 2 heterocycles. The van der Waals surface area contributed by atoms with Crippen molar-refractivity contribution in [2.45, 2.75) is 12.8 Å². The minimum Gasteiger partial charge on any atom is -0.463 e. The van der Waals surface area contributed by atoms with E-state index in [1.165, 1.54) is 0 Å². The lowest BCUT2D eigenvalue weighted by Crippen LogP contribution is -2.40. The van der Waals surface area contributed by atoms with E-state index in [0.29, 0.717) is 17.4 Å². The third-order valence-electron chi connectivity index (χ3n) is 3.74. The monoisotopic (exact) mass is 277 g/mol. The van der Waals surface area contributed by atoms with Gasteiger partial charge in [0.25, 0.3) is 5.91 Å². The molecule has 1 amide bonds. The molecule has 1 aromatic carbocycles. The zero-order valence-corrected chi connectivity index (χ0v) is 11.4. The van der Waals surface area contributed by atoms with Crippen molar-refractivity contribution >= 4 is 28.5 Å². The lowest BCUT2D eigenvalue weighted by molar-refractivity contribution is 0.0686. The summed E-state index contributed by atoms with van der Waals surface area (Å²) >= 11 is 5.91. The molecule has 3 nitrogen and oxygen atoms in total. The van der Waals surface area contributed by atoms with Crippen molar-refractivity contribution in [2.24, 2.45) is 5.92 Å². The van der Waals surface area contributed by atoms with Crippen molar-refractivity contribution in [2.75, 3.05) is 19.0 Å². The molecule has 19 heavy (non-hydrogen) atoms. The van der Waals surface area contributed by atoms with Crippen LogP contribution in [0.4, 0.5) is 0 Å². The van der Waals surface area contributed by atoms with Crippen LogP contribution in [0.25, 0.3) is 11.0 Å². The first-order valence-electron chi connectivity index (χ1n) is 6.61. The third kappa shape index (κ3) is 2.35. The Bertz CT molecular complexity index is 593. The summed E-state index contributed by atoms with van der Waals surface area (Å²) in [6, 6.07) is 7.63. The van der Waals surface area contributed by atoms with Gasteiger partial charge in [-0.05, 0) is 24.8 Å². The van der Waals surface area contributed by atoms with E-state index in [1.807, 2.05) is 29.2 Å². The molecule has 3 rings (SSSR count). The average Bonchev–Trinajstić information content (AvgIpc) is 2.90. The molecule has 1 unspecified atom stereocenters. The number of hydrogen-bond acceptors (Lipinski definition) is 2. The zero-order chi connectivity index (χ0) is 13.2. The first-order valence-corrected chi connectivity index (χ1v) is 7.14. The van der Waals surface area contributed by atoms with Gasteiger partial charge in [0, 0.05) is 24.4 Å². The number of carbonyl (C=O) groups excluding carboxylic acids is 1. The fraction of sp³-hybridized carbons (Fsp3) is 0.400. The van der Waals surface area contributed by atoms with E-state index < -0.39 is 0 Å². The molecule has 1 aromatic heterocycles. The summed E-state index contributed by atoms with van der Waals surface area (Å²) in [6.07, 6.45) is 3.70. The Hall–Kier alpha value is -1.48. The van der Waals surface area contributed by atoms with Gasteiger partial charge in [0.05, 0.1) is 5.56 Å². The number of para-hydroxylation sites is 1. The molecular formula is C15H16ClNO2. The second-order valence-electron chi connectivity index (χ2n) is 5.06. The van der Waals surface area contributed by atoms with Crippen LogP contribution in [0.2, 0.25) is 0 Å². The minimum atomic E-state index is 0.0553. The van der Waals surface area contributed by atoms with Crippen LogP contribution in [0.5, 0.6) is 0 Å². The van der Waals surface area contributed by atoms with Gasteiger partial charge in [-0.1, -0.05) is 18.2 Å².